The topological polar surface area (TPSA) is 151 Å². The molecule has 10 heteroatoms. The monoisotopic (exact) mass is 498 g/mol. The molecular weight excluding hydrogens is 464 g/mol. The fraction of sp³-hybridized carbons (Fsp3) is 0.462. The molecule has 2 aromatic rings. The van der Waals surface area contributed by atoms with Gasteiger partial charge in [0.1, 0.15) is 0 Å². The lowest BCUT2D eigenvalue weighted by Gasteiger charge is -2.09. The second-order valence-corrected chi connectivity index (χ2v) is 8.65. The van der Waals surface area contributed by atoms with Crippen LogP contribution in [-0.4, -0.2) is 44.6 Å². The van der Waals surface area contributed by atoms with Crippen LogP contribution >= 0.6 is 0 Å². The molecule has 0 fully saturated rings. The number of unbranched alkanes of at least 4 members (excludes halogenated alkanes) is 3. The molecule has 0 amide bonds. The largest absolute Gasteiger partial charge is 0.502 e. The zero-order valence-electron chi connectivity index (χ0n) is 21.3. The van der Waals surface area contributed by atoms with E-state index in [1.54, 1.807) is 26.0 Å². The number of nitro groups is 2. The Kier molecular flexibility index (Phi) is 10.5. The second kappa shape index (κ2) is 13.3. The van der Waals surface area contributed by atoms with Crippen LogP contribution in [0.1, 0.15) is 74.6 Å². The Hall–Kier alpha value is -3.82. The van der Waals surface area contributed by atoms with Gasteiger partial charge < -0.3 is 10.2 Å². The Morgan fingerprint density at radius 2 is 1.08 bits per heavy atom. The van der Waals surface area contributed by atoms with Crippen LogP contribution < -0.4 is 0 Å². The molecule has 0 aliphatic rings. The SMILES string of the molecule is CCC(=NCCCCCCN=C(CC)c1cc(C)cc([N+](=O)[O-])c1O)c1cc(C)cc([N+](=O)[O-])c1O. The van der Waals surface area contributed by atoms with Gasteiger partial charge in [-0.3, -0.25) is 30.2 Å². The summed E-state index contributed by atoms with van der Waals surface area (Å²) in [5.41, 5.74) is 2.86. The predicted molar refractivity (Wildman–Crippen MR) is 141 cm³/mol. The highest BCUT2D eigenvalue weighted by Crippen LogP contribution is 2.33. The molecule has 0 bridgehead atoms. The maximum Gasteiger partial charge on any atom is 0.311 e. The van der Waals surface area contributed by atoms with Gasteiger partial charge >= 0.3 is 11.4 Å². The van der Waals surface area contributed by atoms with Crippen molar-refractivity contribution in [3.63, 3.8) is 0 Å². The van der Waals surface area contributed by atoms with Crippen LogP contribution in [0.15, 0.2) is 34.3 Å². The number of hydrogen-bond acceptors (Lipinski definition) is 8. The van der Waals surface area contributed by atoms with Gasteiger partial charge in [0.15, 0.2) is 0 Å². The van der Waals surface area contributed by atoms with E-state index in [1.165, 1.54) is 12.1 Å². The van der Waals surface area contributed by atoms with Crippen molar-refractivity contribution < 1.29 is 20.1 Å². The van der Waals surface area contributed by atoms with Gasteiger partial charge in [-0.2, -0.15) is 0 Å². The Balaban J connectivity index is 1.93. The number of phenolic OH excluding ortho intramolecular Hbond substituents is 2. The molecule has 194 valence electrons. The molecule has 0 aliphatic carbocycles. The van der Waals surface area contributed by atoms with Crippen molar-refractivity contribution in [2.75, 3.05) is 13.1 Å². The molecule has 0 aliphatic heterocycles. The normalized spacial score (nSPS) is 12.1. The number of nitro benzene ring substituents is 2. The lowest BCUT2D eigenvalue weighted by molar-refractivity contribution is -0.386. The minimum absolute atomic E-state index is 0.313. The number of hydrogen-bond donors (Lipinski definition) is 2. The van der Waals surface area contributed by atoms with E-state index in [9.17, 15) is 30.4 Å². The quantitative estimate of drug-likeness (QED) is 0.145. The van der Waals surface area contributed by atoms with Crippen LogP contribution in [0, 0.1) is 34.1 Å². The zero-order chi connectivity index (χ0) is 26.8. The van der Waals surface area contributed by atoms with E-state index >= 15 is 0 Å². The Bertz CT molecular complexity index is 1080. The van der Waals surface area contributed by atoms with Crippen molar-refractivity contribution >= 4 is 22.8 Å². The number of aliphatic imine (C=N–C) groups is 2. The molecule has 0 saturated heterocycles. The minimum Gasteiger partial charge on any atom is -0.502 e. The van der Waals surface area contributed by atoms with Gasteiger partial charge in [0.25, 0.3) is 0 Å². The Labute approximate surface area is 210 Å². The van der Waals surface area contributed by atoms with Crippen molar-refractivity contribution in [3.05, 3.63) is 66.7 Å². The molecule has 0 saturated carbocycles. The average Bonchev–Trinajstić information content (AvgIpc) is 2.83. The standard InChI is InChI=1S/C26H34N4O6/c1-5-21(19-13-17(3)15-23(25(19)31)29(33)34)27-11-9-7-8-10-12-28-22(6-2)20-14-18(4)16-24(26(20)32)30(35)36/h13-16,31-32H,5-12H2,1-4H3. The maximum atomic E-state index is 11.2. The molecule has 2 aromatic carbocycles. The van der Waals surface area contributed by atoms with E-state index in [0.29, 0.717) is 59.6 Å². The summed E-state index contributed by atoms with van der Waals surface area (Å²) < 4.78 is 0. The molecule has 10 nitrogen and oxygen atoms in total. The Morgan fingerprint density at radius 3 is 1.39 bits per heavy atom. The first kappa shape index (κ1) is 28.4. The third-order valence-electron chi connectivity index (χ3n) is 5.82. The van der Waals surface area contributed by atoms with Gasteiger partial charge in [0.05, 0.1) is 9.85 Å². The molecule has 0 unspecified atom stereocenters. The van der Waals surface area contributed by atoms with Crippen LogP contribution in [0.2, 0.25) is 0 Å². The fourth-order valence-corrected chi connectivity index (χ4v) is 4.02. The summed E-state index contributed by atoms with van der Waals surface area (Å²) >= 11 is 0. The van der Waals surface area contributed by atoms with Crippen LogP contribution in [0.5, 0.6) is 11.5 Å². The van der Waals surface area contributed by atoms with Gasteiger partial charge in [-0.25, -0.2) is 0 Å². The van der Waals surface area contributed by atoms with Gasteiger partial charge in [-0.1, -0.05) is 26.7 Å². The lowest BCUT2D eigenvalue weighted by Crippen LogP contribution is -2.04. The van der Waals surface area contributed by atoms with Crippen LogP contribution in [-0.2, 0) is 0 Å². The summed E-state index contributed by atoms with van der Waals surface area (Å²) in [4.78, 5) is 30.4. The first-order chi connectivity index (χ1) is 17.1. The van der Waals surface area contributed by atoms with E-state index < -0.39 is 9.85 Å². The molecule has 0 heterocycles. The molecule has 36 heavy (non-hydrogen) atoms. The summed E-state index contributed by atoms with van der Waals surface area (Å²) in [6.07, 6.45) is 4.58. The maximum absolute atomic E-state index is 11.2. The third-order valence-corrected chi connectivity index (χ3v) is 5.82. The predicted octanol–water partition coefficient (Wildman–Crippen LogP) is 6.19. The summed E-state index contributed by atoms with van der Waals surface area (Å²) in [6.45, 7) is 8.39. The summed E-state index contributed by atoms with van der Waals surface area (Å²) in [6, 6.07) is 6.13. The first-order valence-electron chi connectivity index (χ1n) is 12.1. The number of aromatic hydroxyl groups is 2. The van der Waals surface area contributed by atoms with Crippen LogP contribution in [0.4, 0.5) is 11.4 Å². The molecular formula is C26H34N4O6. The van der Waals surface area contributed by atoms with Crippen molar-refractivity contribution in [3.8, 4) is 11.5 Å². The number of nitrogens with zero attached hydrogens (tertiary/aromatic N) is 4. The number of phenols is 2. The van der Waals surface area contributed by atoms with Gasteiger partial charge in [-0.05, 0) is 62.8 Å². The van der Waals surface area contributed by atoms with E-state index in [-0.39, 0.29) is 22.9 Å². The Morgan fingerprint density at radius 1 is 0.722 bits per heavy atom. The van der Waals surface area contributed by atoms with E-state index in [1.807, 2.05) is 13.8 Å². The number of rotatable bonds is 13. The molecule has 0 spiro atoms. The number of benzene rings is 2. The van der Waals surface area contributed by atoms with Gasteiger partial charge in [0, 0.05) is 47.8 Å². The fourth-order valence-electron chi connectivity index (χ4n) is 4.02. The smallest absolute Gasteiger partial charge is 0.311 e. The molecule has 2 N–H and O–H groups in total. The van der Waals surface area contributed by atoms with E-state index in [0.717, 1.165) is 25.7 Å². The highest BCUT2D eigenvalue weighted by atomic mass is 16.6. The van der Waals surface area contributed by atoms with Crippen molar-refractivity contribution in [1.82, 2.24) is 0 Å². The lowest BCUT2D eigenvalue weighted by atomic mass is 10.0. The van der Waals surface area contributed by atoms with E-state index in [4.69, 9.17) is 0 Å². The van der Waals surface area contributed by atoms with E-state index in [2.05, 4.69) is 9.98 Å². The minimum atomic E-state index is -0.590. The summed E-state index contributed by atoms with van der Waals surface area (Å²) in [5, 5.41) is 43.0. The van der Waals surface area contributed by atoms with Crippen molar-refractivity contribution in [1.29, 1.82) is 0 Å². The molecule has 0 aromatic heterocycles. The number of aryl methyl sites for hydroxylation is 2. The van der Waals surface area contributed by atoms with Crippen LogP contribution in [0.3, 0.4) is 0 Å². The highest BCUT2D eigenvalue weighted by Gasteiger charge is 2.21. The zero-order valence-corrected chi connectivity index (χ0v) is 21.3. The molecule has 0 radical (unpaired) electrons. The van der Waals surface area contributed by atoms with Crippen molar-refractivity contribution in [2.24, 2.45) is 9.98 Å². The summed E-state index contributed by atoms with van der Waals surface area (Å²) in [7, 11) is 0. The summed E-state index contributed by atoms with van der Waals surface area (Å²) in [5.74, 6) is -0.693. The molecule has 2 rings (SSSR count). The third kappa shape index (κ3) is 7.34. The van der Waals surface area contributed by atoms with Gasteiger partial charge in [-0.15, -0.1) is 0 Å². The highest BCUT2D eigenvalue weighted by molar-refractivity contribution is 6.04. The molecule has 0 atom stereocenters. The second-order valence-electron chi connectivity index (χ2n) is 8.65. The average molecular weight is 499 g/mol. The first-order valence-corrected chi connectivity index (χ1v) is 12.1. The van der Waals surface area contributed by atoms with Crippen molar-refractivity contribution in [2.45, 2.75) is 66.2 Å². The van der Waals surface area contributed by atoms with Gasteiger partial charge in [0.2, 0.25) is 11.5 Å². The van der Waals surface area contributed by atoms with Crippen LogP contribution in [0.25, 0.3) is 0 Å².